The van der Waals surface area contributed by atoms with Gasteiger partial charge >= 0.3 is 0 Å². The van der Waals surface area contributed by atoms with E-state index in [-0.39, 0.29) is 0 Å². The lowest BCUT2D eigenvalue weighted by molar-refractivity contribution is 0.0762. The second-order valence-electron chi connectivity index (χ2n) is 4.57. The van der Waals surface area contributed by atoms with Gasteiger partial charge in [0.2, 0.25) is 0 Å². The SMILES string of the molecule is CCC(C1CC1C)N1CC(N)C1. The molecule has 0 amide bonds. The fraction of sp³-hybridized carbons (Fsp3) is 1.00. The molecule has 1 aliphatic carbocycles. The third-order valence-electron chi connectivity index (χ3n) is 3.49. The minimum Gasteiger partial charge on any atom is -0.325 e. The summed E-state index contributed by atoms with van der Waals surface area (Å²) in [6.07, 6.45) is 2.76. The molecule has 1 heterocycles. The van der Waals surface area contributed by atoms with Crippen molar-refractivity contribution in [2.45, 2.75) is 38.8 Å². The summed E-state index contributed by atoms with van der Waals surface area (Å²) in [5.74, 6) is 1.97. The third-order valence-corrected chi connectivity index (χ3v) is 3.49. The van der Waals surface area contributed by atoms with Gasteiger partial charge in [-0.2, -0.15) is 0 Å². The smallest absolute Gasteiger partial charge is 0.0297 e. The molecule has 3 unspecified atom stereocenters. The minimum atomic E-state index is 0.466. The highest BCUT2D eigenvalue weighted by atomic mass is 15.2. The molecule has 0 radical (unpaired) electrons. The molecule has 12 heavy (non-hydrogen) atoms. The molecule has 0 aromatic rings. The summed E-state index contributed by atoms with van der Waals surface area (Å²) in [4.78, 5) is 2.57. The summed E-state index contributed by atoms with van der Waals surface area (Å²) < 4.78 is 0. The maximum atomic E-state index is 5.77. The van der Waals surface area contributed by atoms with Gasteiger partial charge < -0.3 is 5.73 Å². The number of nitrogens with zero attached hydrogens (tertiary/aromatic N) is 1. The molecule has 1 aliphatic heterocycles. The summed E-state index contributed by atoms with van der Waals surface area (Å²) in [7, 11) is 0. The highest BCUT2D eigenvalue weighted by Crippen LogP contribution is 2.44. The minimum absolute atomic E-state index is 0.466. The van der Waals surface area contributed by atoms with E-state index in [4.69, 9.17) is 5.73 Å². The molecule has 2 aliphatic rings. The average Bonchev–Trinajstić information content (AvgIpc) is 2.65. The average molecular weight is 168 g/mol. The number of likely N-dealkylation sites (tertiary alicyclic amines) is 1. The fourth-order valence-electron chi connectivity index (χ4n) is 2.54. The van der Waals surface area contributed by atoms with E-state index in [1.807, 2.05) is 0 Å². The topological polar surface area (TPSA) is 29.3 Å². The molecular formula is C10H20N2. The first kappa shape index (κ1) is 8.52. The van der Waals surface area contributed by atoms with Gasteiger partial charge in [-0.1, -0.05) is 13.8 Å². The third kappa shape index (κ3) is 1.38. The Morgan fingerprint density at radius 2 is 2.08 bits per heavy atom. The van der Waals surface area contributed by atoms with Crippen molar-refractivity contribution < 1.29 is 0 Å². The lowest BCUT2D eigenvalue weighted by atomic mass is 10.00. The van der Waals surface area contributed by atoms with Gasteiger partial charge in [-0.05, 0) is 24.7 Å². The Bertz CT molecular complexity index is 163. The van der Waals surface area contributed by atoms with Crippen molar-refractivity contribution in [3.63, 3.8) is 0 Å². The second-order valence-corrected chi connectivity index (χ2v) is 4.57. The molecule has 1 saturated carbocycles. The van der Waals surface area contributed by atoms with Crippen LogP contribution in [0.15, 0.2) is 0 Å². The van der Waals surface area contributed by atoms with Crippen LogP contribution >= 0.6 is 0 Å². The van der Waals surface area contributed by atoms with Gasteiger partial charge in [-0.3, -0.25) is 4.90 Å². The molecule has 0 spiro atoms. The molecule has 3 atom stereocenters. The Balaban J connectivity index is 1.83. The van der Waals surface area contributed by atoms with Crippen LogP contribution in [-0.2, 0) is 0 Å². The van der Waals surface area contributed by atoms with Crippen LogP contribution in [0.4, 0.5) is 0 Å². The molecule has 70 valence electrons. The second kappa shape index (κ2) is 3.00. The van der Waals surface area contributed by atoms with Crippen LogP contribution in [0.2, 0.25) is 0 Å². The molecule has 2 fully saturated rings. The highest BCUT2D eigenvalue weighted by molar-refractivity contribution is 4.97. The zero-order chi connectivity index (χ0) is 8.72. The lowest BCUT2D eigenvalue weighted by Crippen LogP contribution is -2.59. The molecule has 2 heteroatoms. The largest absolute Gasteiger partial charge is 0.325 e. The van der Waals surface area contributed by atoms with Crippen molar-refractivity contribution in [1.82, 2.24) is 4.90 Å². The van der Waals surface area contributed by atoms with Crippen molar-refractivity contribution in [3.8, 4) is 0 Å². The summed E-state index contributed by atoms with van der Waals surface area (Å²) in [6.45, 7) is 6.95. The monoisotopic (exact) mass is 168 g/mol. The summed E-state index contributed by atoms with van der Waals surface area (Å²) >= 11 is 0. The maximum absolute atomic E-state index is 5.77. The van der Waals surface area contributed by atoms with Crippen molar-refractivity contribution in [1.29, 1.82) is 0 Å². The van der Waals surface area contributed by atoms with Gasteiger partial charge in [-0.25, -0.2) is 0 Å². The van der Waals surface area contributed by atoms with E-state index in [1.54, 1.807) is 0 Å². The molecule has 2 rings (SSSR count). The van der Waals surface area contributed by atoms with Gasteiger partial charge in [0.15, 0.2) is 0 Å². The van der Waals surface area contributed by atoms with Crippen LogP contribution in [0.3, 0.4) is 0 Å². The van der Waals surface area contributed by atoms with E-state index in [0.29, 0.717) is 6.04 Å². The van der Waals surface area contributed by atoms with Gasteiger partial charge in [0.25, 0.3) is 0 Å². The zero-order valence-corrected chi connectivity index (χ0v) is 8.16. The van der Waals surface area contributed by atoms with Gasteiger partial charge in [0, 0.05) is 25.2 Å². The lowest BCUT2D eigenvalue weighted by Gasteiger charge is -2.43. The standard InChI is InChI=1S/C10H20N2/c1-3-10(9-4-7(9)2)12-5-8(11)6-12/h7-10H,3-6,11H2,1-2H3. The molecule has 0 aromatic carbocycles. The van der Waals surface area contributed by atoms with Crippen LogP contribution in [0.25, 0.3) is 0 Å². The zero-order valence-electron chi connectivity index (χ0n) is 8.16. The first-order valence-electron chi connectivity index (χ1n) is 5.22. The first-order chi connectivity index (χ1) is 5.72. The van der Waals surface area contributed by atoms with E-state index in [1.165, 1.54) is 12.8 Å². The van der Waals surface area contributed by atoms with E-state index < -0.39 is 0 Å². The number of hydrogen-bond donors (Lipinski definition) is 1. The summed E-state index contributed by atoms with van der Waals surface area (Å²) in [6, 6.07) is 1.31. The van der Waals surface area contributed by atoms with E-state index >= 15 is 0 Å². The Morgan fingerprint density at radius 1 is 1.50 bits per heavy atom. The number of hydrogen-bond acceptors (Lipinski definition) is 2. The van der Waals surface area contributed by atoms with E-state index in [2.05, 4.69) is 18.7 Å². The van der Waals surface area contributed by atoms with Crippen molar-refractivity contribution in [2.75, 3.05) is 13.1 Å². The predicted molar refractivity (Wildman–Crippen MR) is 50.9 cm³/mol. The summed E-state index contributed by atoms with van der Waals surface area (Å²) in [5.41, 5.74) is 5.77. The predicted octanol–water partition coefficient (Wildman–Crippen LogP) is 1.06. The molecule has 2 nitrogen and oxygen atoms in total. The van der Waals surface area contributed by atoms with Crippen molar-refractivity contribution in [3.05, 3.63) is 0 Å². The Kier molecular flexibility index (Phi) is 2.13. The van der Waals surface area contributed by atoms with Crippen molar-refractivity contribution >= 4 is 0 Å². The number of rotatable bonds is 3. The maximum Gasteiger partial charge on any atom is 0.0297 e. The highest BCUT2D eigenvalue weighted by Gasteiger charge is 2.43. The number of nitrogens with two attached hydrogens (primary N) is 1. The van der Waals surface area contributed by atoms with Crippen LogP contribution < -0.4 is 5.73 Å². The van der Waals surface area contributed by atoms with E-state index in [0.717, 1.165) is 31.0 Å². The van der Waals surface area contributed by atoms with Crippen molar-refractivity contribution in [2.24, 2.45) is 17.6 Å². The Morgan fingerprint density at radius 3 is 2.42 bits per heavy atom. The summed E-state index contributed by atoms with van der Waals surface area (Å²) in [5, 5.41) is 0. The fourth-order valence-corrected chi connectivity index (χ4v) is 2.54. The van der Waals surface area contributed by atoms with Crippen LogP contribution in [0.5, 0.6) is 0 Å². The quantitative estimate of drug-likeness (QED) is 0.683. The molecule has 0 bridgehead atoms. The van der Waals surface area contributed by atoms with E-state index in [9.17, 15) is 0 Å². The van der Waals surface area contributed by atoms with Crippen LogP contribution in [0.1, 0.15) is 26.7 Å². The normalized spacial score (nSPS) is 39.2. The Labute approximate surface area is 75.1 Å². The van der Waals surface area contributed by atoms with Gasteiger partial charge in [-0.15, -0.1) is 0 Å². The van der Waals surface area contributed by atoms with Crippen LogP contribution in [-0.4, -0.2) is 30.1 Å². The molecule has 2 N–H and O–H groups in total. The van der Waals surface area contributed by atoms with Gasteiger partial charge in [0.1, 0.15) is 0 Å². The Hall–Kier alpha value is -0.0800. The molecule has 0 aromatic heterocycles. The molecular weight excluding hydrogens is 148 g/mol. The molecule has 1 saturated heterocycles. The first-order valence-corrected chi connectivity index (χ1v) is 5.22. The van der Waals surface area contributed by atoms with Crippen LogP contribution in [0, 0.1) is 11.8 Å². The van der Waals surface area contributed by atoms with Gasteiger partial charge in [0.05, 0.1) is 0 Å².